The van der Waals surface area contributed by atoms with Crippen LogP contribution in [0.1, 0.15) is 5.82 Å². The van der Waals surface area contributed by atoms with E-state index in [4.69, 9.17) is 0 Å². The van der Waals surface area contributed by atoms with Crippen LogP contribution in [0.4, 0.5) is 0 Å². The molecule has 0 aliphatic carbocycles. The number of aromatic amines is 1. The minimum atomic E-state index is -0.142. The molecule has 0 aromatic carbocycles. The number of carbonyl (C=O) groups is 1. The molecule has 0 atom stereocenters. The van der Waals surface area contributed by atoms with Crippen LogP contribution in [0.5, 0.6) is 0 Å². The third-order valence-corrected chi connectivity index (χ3v) is 1.40. The number of carbonyl (C=O) groups excluding carboxylic acids is 1. The van der Waals surface area contributed by atoms with Crippen molar-refractivity contribution < 1.29 is 4.79 Å². The SMILES string of the molecule is O=C(C[S])NCc1ncc[nH]1. The van der Waals surface area contributed by atoms with Gasteiger partial charge in [-0.1, -0.05) is 12.6 Å². The average Bonchev–Trinajstić information content (AvgIpc) is 2.52. The van der Waals surface area contributed by atoms with Crippen molar-refractivity contribution >= 4 is 18.5 Å². The number of hydrogen-bond acceptors (Lipinski definition) is 2. The summed E-state index contributed by atoms with van der Waals surface area (Å²) >= 11 is 4.53. The van der Waals surface area contributed by atoms with Gasteiger partial charge in [-0.05, 0) is 0 Å². The van der Waals surface area contributed by atoms with Crippen LogP contribution in [0.3, 0.4) is 0 Å². The second-order valence-electron chi connectivity index (χ2n) is 1.96. The van der Waals surface area contributed by atoms with E-state index in [9.17, 15) is 4.79 Å². The van der Waals surface area contributed by atoms with Crippen LogP contribution >= 0.6 is 12.6 Å². The zero-order valence-corrected chi connectivity index (χ0v) is 6.65. The molecule has 1 heterocycles. The van der Waals surface area contributed by atoms with Gasteiger partial charge in [-0.15, -0.1) is 0 Å². The van der Waals surface area contributed by atoms with Crippen LogP contribution in [-0.4, -0.2) is 21.6 Å². The molecule has 0 saturated heterocycles. The molecule has 4 nitrogen and oxygen atoms in total. The first-order valence-corrected chi connectivity index (χ1v) is 3.73. The monoisotopic (exact) mass is 170 g/mol. The van der Waals surface area contributed by atoms with Crippen molar-refractivity contribution in [1.82, 2.24) is 15.3 Å². The normalized spacial score (nSPS) is 9.55. The standard InChI is InChI=1S/C6H8N3OS/c10-6(4-11)9-3-5-7-1-2-8-5/h1-2H,3-4H2,(H,7,8)(H,9,10). The zero-order valence-electron chi connectivity index (χ0n) is 5.83. The summed E-state index contributed by atoms with van der Waals surface area (Å²) in [6.07, 6.45) is 3.34. The lowest BCUT2D eigenvalue weighted by atomic mass is 10.5. The van der Waals surface area contributed by atoms with E-state index in [2.05, 4.69) is 27.9 Å². The number of amides is 1. The Balaban J connectivity index is 2.29. The van der Waals surface area contributed by atoms with Gasteiger partial charge in [0.05, 0.1) is 12.3 Å². The first-order chi connectivity index (χ1) is 5.33. The number of nitrogens with zero attached hydrogens (tertiary/aromatic N) is 1. The topological polar surface area (TPSA) is 57.8 Å². The van der Waals surface area contributed by atoms with Crippen LogP contribution in [0.2, 0.25) is 0 Å². The molecule has 1 aromatic heterocycles. The van der Waals surface area contributed by atoms with Crippen molar-refractivity contribution in [2.24, 2.45) is 0 Å². The van der Waals surface area contributed by atoms with Crippen molar-refractivity contribution in [3.8, 4) is 0 Å². The molecule has 59 valence electrons. The molecular formula is C6H8N3OS. The highest BCUT2D eigenvalue weighted by Gasteiger charge is 1.98. The quantitative estimate of drug-likeness (QED) is 0.682. The Kier molecular flexibility index (Phi) is 2.97. The number of hydrogen-bond donors (Lipinski definition) is 2. The Morgan fingerprint density at radius 1 is 1.82 bits per heavy atom. The van der Waals surface area contributed by atoms with Crippen molar-refractivity contribution in [2.45, 2.75) is 6.54 Å². The maximum Gasteiger partial charge on any atom is 0.231 e. The van der Waals surface area contributed by atoms with Crippen LogP contribution in [0, 0.1) is 0 Å². The van der Waals surface area contributed by atoms with Crippen molar-refractivity contribution in [3.05, 3.63) is 18.2 Å². The summed E-state index contributed by atoms with van der Waals surface area (Å²) < 4.78 is 0. The summed E-state index contributed by atoms with van der Waals surface area (Å²) in [5.74, 6) is 0.693. The fraction of sp³-hybridized carbons (Fsp3) is 0.333. The van der Waals surface area contributed by atoms with Crippen molar-refractivity contribution in [1.29, 1.82) is 0 Å². The molecule has 5 heteroatoms. The Labute approximate surface area is 69.8 Å². The highest BCUT2D eigenvalue weighted by Crippen LogP contribution is 1.86. The highest BCUT2D eigenvalue weighted by molar-refractivity contribution is 7.81. The summed E-state index contributed by atoms with van der Waals surface area (Å²) in [6, 6.07) is 0. The van der Waals surface area contributed by atoms with Crippen molar-refractivity contribution in [3.63, 3.8) is 0 Å². The van der Waals surface area contributed by atoms with Gasteiger partial charge in [0.1, 0.15) is 5.82 Å². The summed E-state index contributed by atoms with van der Waals surface area (Å²) in [6.45, 7) is 0.419. The number of nitrogens with one attached hydrogen (secondary N) is 2. The molecule has 1 aromatic rings. The summed E-state index contributed by atoms with van der Waals surface area (Å²) in [4.78, 5) is 17.4. The maximum absolute atomic E-state index is 10.7. The lowest BCUT2D eigenvalue weighted by Crippen LogP contribution is -2.24. The van der Waals surface area contributed by atoms with Gasteiger partial charge in [0.2, 0.25) is 5.91 Å². The second kappa shape index (κ2) is 4.02. The Morgan fingerprint density at radius 2 is 2.64 bits per heavy atom. The molecule has 1 amide bonds. The molecule has 0 saturated carbocycles. The lowest BCUT2D eigenvalue weighted by molar-refractivity contribution is -0.118. The van der Waals surface area contributed by atoms with Gasteiger partial charge in [0.25, 0.3) is 0 Å². The van der Waals surface area contributed by atoms with Crippen LogP contribution in [0.15, 0.2) is 12.4 Å². The van der Waals surface area contributed by atoms with Crippen LogP contribution in [-0.2, 0) is 11.3 Å². The zero-order chi connectivity index (χ0) is 8.10. The van der Waals surface area contributed by atoms with Gasteiger partial charge < -0.3 is 10.3 Å². The fourth-order valence-corrected chi connectivity index (χ4v) is 0.730. The molecule has 0 spiro atoms. The molecular weight excluding hydrogens is 162 g/mol. The van der Waals surface area contributed by atoms with E-state index in [1.54, 1.807) is 12.4 Å². The first-order valence-electron chi connectivity index (χ1n) is 3.16. The molecule has 0 aliphatic heterocycles. The van der Waals surface area contributed by atoms with Gasteiger partial charge in [-0.25, -0.2) is 4.98 Å². The van der Waals surface area contributed by atoms with Crippen LogP contribution < -0.4 is 5.32 Å². The van der Waals surface area contributed by atoms with Gasteiger partial charge in [-0.2, -0.15) is 0 Å². The number of imidazole rings is 1. The van der Waals surface area contributed by atoms with E-state index < -0.39 is 0 Å². The minimum Gasteiger partial charge on any atom is -0.348 e. The Hall–Kier alpha value is -0.970. The maximum atomic E-state index is 10.7. The smallest absolute Gasteiger partial charge is 0.231 e. The highest BCUT2D eigenvalue weighted by atomic mass is 32.1. The van der Waals surface area contributed by atoms with Gasteiger partial charge in [-0.3, -0.25) is 4.79 Å². The molecule has 0 unspecified atom stereocenters. The van der Waals surface area contributed by atoms with E-state index >= 15 is 0 Å². The van der Waals surface area contributed by atoms with Crippen molar-refractivity contribution in [2.75, 3.05) is 5.75 Å². The second-order valence-corrected chi connectivity index (χ2v) is 2.25. The number of rotatable bonds is 3. The van der Waals surface area contributed by atoms with Gasteiger partial charge >= 0.3 is 0 Å². The molecule has 1 radical (unpaired) electrons. The van der Waals surface area contributed by atoms with E-state index in [-0.39, 0.29) is 11.7 Å². The molecule has 0 aliphatic rings. The predicted octanol–water partition coefficient (Wildman–Crippen LogP) is 0.223. The summed E-state index contributed by atoms with van der Waals surface area (Å²) in [7, 11) is 0. The van der Waals surface area contributed by atoms with E-state index in [1.807, 2.05) is 0 Å². The largest absolute Gasteiger partial charge is 0.348 e. The van der Waals surface area contributed by atoms with E-state index in [0.29, 0.717) is 6.54 Å². The summed E-state index contributed by atoms with van der Waals surface area (Å²) in [5.41, 5.74) is 0. The fourth-order valence-electron chi connectivity index (χ4n) is 0.628. The first kappa shape index (κ1) is 8.13. The lowest BCUT2D eigenvalue weighted by Gasteiger charge is -1.97. The average molecular weight is 170 g/mol. The Bertz CT molecular complexity index is 222. The number of aromatic nitrogens is 2. The third kappa shape index (κ3) is 2.63. The van der Waals surface area contributed by atoms with Crippen LogP contribution in [0.25, 0.3) is 0 Å². The summed E-state index contributed by atoms with van der Waals surface area (Å²) in [5, 5.41) is 2.60. The molecule has 1 rings (SSSR count). The van der Waals surface area contributed by atoms with E-state index in [0.717, 1.165) is 5.82 Å². The molecule has 0 fully saturated rings. The molecule has 2 N–H and O–H groups in total. The van der Waals surface area contributed by atoms with Gasteiger partial charge in [0.15, 0.2) is 0 Å². The predicted molar refractivity (Wildman–Crippen MR) is 42.9 cm³/mol. The third-order valence-electron chi connectivity index (χ3n) is 1.14. The molecule has 11 heavy (non-hydrogen) atoms. The number of H-pyrrole nitrogens is 1. The molecule has 0 bridgehead atoms. The van der Waals surface area contributed by atoms with E-state index in [1.165, 1.54) is 0 Å². The minimum absolute atomic E-state index is 0.0979. The van der Waals surface area contributed by atoms with Gasteiger partial charge in [0, 0.05) is 12.4 Å². The Morgan fingerprint density at radius 3 is 3.18 bits per heavy atom.